The number of hydrogen-bond donors (Lipinski definition) is 3. The highest BCUT2D eigenvalue weighted by molar-refractivity contribution is 7.98. The molecule has 5 nitrogen and oxygen atoms in total. The van der Waals surface area contributed by atoms with Gasteiger partial charge in [0.2, 0.25) is 11.8 Å². The summed E-state index contributed by atoms with van der Waals surface area (Å²) in [5.41, 5.74) is 10.4. The minimum absolute atomic E-state index is 0.101. The van der Waals surface area contributed by atoms with Crippen molar-refractivity contribution >= 4 is 23.6 Å². The van der Waals surface area contributed by atoms with E-state index in [1.165, 1.54) is 0 Å². The Kier molecular flexibility index (Phi) is 8.12. The molecular formula is C9H19N3O2S. The Morgan fingerprint density at radius 2 is 2.07 bits per heavy atom. The van der Waals surface area contributed by atoms with E-state index in [1.54, 1.807) is 11.8 Å². The van der Waals surface area contributed by atoms with Gasteiger partial charge in [0.25, 0.3) is 0 Å². The Balaban J connectivity index is 3.51. The molecule has 15 heavy (non-hydrogen) atoms. The van der Waals surface area contributed by atoms with Crippen molar-refractivity contribution in [2.24, 2.45) is 11.5 Å². The zero-order chi connectivity index (χ0) is 11.7. The molecule has 6 heteroatoms. The van der Waals surface area contributed by atoms with Gasteiger partial charge in [0, 0.05) is 6.54 Å². The first-order valence-corrected chi connectivity index (χ1v) is 6.28. The van der Waals surface area contributed by atoms with Crippen LogP contribution < -0.4 is 16.8 Å². The van der Waals surface area contributed by atoms with Gasteiger partial charge in [0.15, 0.2) is 0 Å². The SMILES string of the molecule is CSCCCCNC(=O)C(N)CC(N)=O. The number of primary amides is 1. The van der Waals surface area contributed by atoms with Crippen LogP contribution in [0.5, 0.6) is 0 Å². The number of rotatable bonds is 8. The monoisotopic (exact) mass is 233 g/mol. The fraction of sp³-hybridized carbons (Fsp3) is 0.778. The van der Waals surface area contributed by atoms with Gasteiger partial charge in [-0.3, -0.25) is 9.59 Å². The van der Waals surface area contributed by atoms with Crippen molar-refractivity contribution in [2.75, 3.05) is 18.6 Å². The summed E-state index contributed by atoms with van der Waals surface area (Å²) in [7, 11) is 0. The topological polar surface area (TPSA) is 98.2 Å². The van der Waals surface area contributed by atoms with E-state index >= 15 is 0 Å². The molecule has 0 heterocycles. The van der Waals surface area contributed by atoms with Crippen LogP contribution in [0.2, 0.25) is 0 Å². The Hall–Kier alpha value is -0.750. The van der Waals surface area contributed by atoms with E-state index in [4.69, 9.17) is 11.5 Å². The van der Waals surface area contributed by atoms with Gasteiger partial charge in [-0.15, -0.1) is 0 Å². The van der Waals surface area contributed by atoms with Crippen molar-refractivity contribution in [2.45, 2.75) is 25.3 Å². The fourth-order valence-corrected chi connectivity index (χ4v) is 1.52. The molecule has 5 N–H and O–H groups in total. The smallest absolute Gasteiger partial charge is 0.237 e. The molecule has 0 rings (SSSR count). The van der Waals surface area contributed by atoms with E-state index in [2.05, 4.69) is 5.32 Å². The van der Waals surface area contributed by atoms with Crippen LogP contribution in [0.15, 0.2) is 0 Å². The fourth-order valence-electron chi connectivity index (χ4n) is 1.02. The average Bonchev–Trinajstić information content (AvgIpc) is 2.16. The highest BCUT2D eigenvalue weighted by Crippen LogP contribution is 1.98. The minimum atomic E-state index is -0.817. The maximum Gasteiger partial charge on any atom is 0.237 e. The molecule has 0 aromatic carbocycles. The number of thioether (sulfide) groups is 1. The van der Waals surface area contributed by atoms with Crippen molar-refractivity contribution in [3.63, 3.8) is 0 Å². The molecule has 0 radical (unpaired) electrons. The second kappa shape index (κ2) is 8.55. The van der Waals surface area contributed by atoms with Crippen LogP contribution in [0.1, 0.15) is 19.3 Å². The summed E-state index contributed by atoms with van der Waals surface area (Å²) >= 11 is 1.78. The lowest BCUT2D eigenvalue weighted by Crippen LogP contribution is -2.43. The molecule has 0 fully saturated rings. The van der Waals surface area contributed by atoms with E-state index in [9.17, 15) is 9.59 Å². The molecule has 0 spiro atoms. The second-order valence-corrected chi connectivity index (χ2v) is 4.25. The number of nitrogens with two attached hydrogens (primary N) is 2. The maximum atomic E-state index is 11.3. The van der Waals surface area contributed by atoms with Gasteiger partial charge in [-0.25, -0.2) is 0 Å². The van der Waals surface area contributed by atoms with Crippen molar-refractivity contribution in [1.29, 1.82) is 0 Å². The number of nitrogens with one attached hydrogen (secondary N) is 1. The van der Waals surface area contributed by atoms with E-state index in [1.807, 2.05) is 6.26 Å². The molecule has 1 unspecified atom stereocenters. The van der Waals surface area contributed by atoms with E-state index in [0.29, 0.717) is 6.54 Å². The molecule has 88 valence electrons. The van der Waals surface area contributed by atoms with Gasteiger partial charge < -0.3 is 16.8 Å². The zero-order valence-electron chi connectivity index (χ0n) is 8.99. The number of unbranched alkanes of at least 4 members (excludes halogenated alkanes) is 1. The number of carbonyl (C=O) groups excluding carboxylic acids is 2. The molecule has 2 amide bonds. The molecule has 1 atom stereocenters. The predicted molar refractivity (Wildman–Crippen MR) is 62.4 cm³/mol. The summed E-state index contributed by atoms with van der Waals surface area (Å²) in [6, 6.07) is -0.817. The molecule has 0 saturated carbocycles. The Bertz CT molecular complexity index is 212. The summed E-state index contributed by atoms with van der Waals surface area (Å²) in [6.45, 7) is 0.603. The Morgan fingerprint density at radius 3 is 2.60 bits per heavy atom. The van der Waals surface area contributed by atoms with Crippen LogP contribution >= 0.6 is 11.8 Å². The summed E-state index contributed by atoms with van der Waals surface area (Å²) < 4.78 is 0. The summed E-state index contributed by atoms with van der Waals surface area (Å²) in [5.74, 6) is 0.224. The zero-order valence-corrected chi connectivity index (χ0v) is 9.81. The summed E-state index contributed by atoms with van der Waals surface area (Å²) in [6.07, 6.45) is 3.93. The highest BCUT2D eigenvalue weighted by Gasteiger charge is 2.14. The second-order valence-electron chi connectivity index (χ2n) is 3.27. The van der Waals surface area contributed by atoms with Crippen molar-refractivity contribution in [3.8, 4) is 0 Å². The van der Waals surface area contributed by atoms with E-state index in [0.717, 1.165) is 18.6 Å². The highest BCUT2D eigenvalue weighted by atomic mass is 32.2. The van der Waals surface area contributed by atoms with Crippen LogP contribution in [0.25, 0.3) is 0 Å². The summed E-state index contributed by atoms with van der Waals surface area (Å²) in [4.78, 5) is 21.8. The van der Waals surface area contributed by atoms with E-state index in [-0.39, 0.29) is 12.3 Å². The maximum absolute atomic E-state index is 11.3. The molecule has 0 aromatic heterocycles. The minimum Gasteiger partial charge on any atom is -0.370 e. The van der Waals surface area contributed by atoms with Crippen molar-refractivity contribution in [3.05, 3.63) is 0 Å². The lowest BCUT2D eigenvalue weighted by atomic mass is 10.2. The third-order valence-electron chi connectivity index (χ3n) is 1.83. The Labute approximate surface area is 94.3 Å². The number of amides is 2. The lowest BCUT2D eigenvalue weighted by Gasteiger charge is -2.10. The predicted octanol–water partition coefficient (Wildman–Crippen LogP) is -0.551. The number of hydrogen-bond acceptors (Lipinski definition) is 4. The molecule has 0 saturated heterocycles. The molecule has 0 aromatic rings. The standard InChI is InChI=1S/C9H19N3O2S/c1-15-5-3-2-4-12-9(14)7(10)6-8(11)13/h7H,2-6,10H2,1H3,(H2,11,13)(H,12,14). The molecular weight excluding hydrogens is 214 g/mol. The van der Waals surface area contributed by atoms with Crippen LogP contribution in [-0.2, 0) is 9.59 Å². The first kappa shape index (κ1) is 14.2. The van der Waals surface area contributed by atoms with Crippen LogP contribution in [0, 0.1) is 0 Å². The normalized spacial score (nSPS) is 12.1. The molecule has 0 aliphatic carbocycles. The van der Waals surface area contributed by atoms with Gasteiger partial charge >= 0.3 is 0 Å². The molecule has 0 bridgehead atoms. The first-order chi connectivity index (χ1) is 7.07. The molecule has 0 aliphatic heterocycles. The number of carbonyl (C=O) groups is 2. The quantitative estimate of drug-likeness (QED) is 0.490. The largest absolute Gasteiger partial charge is 0.370 e. The van der Waals surface area contributed by atoms with Crippen molar-refractivity contribution < 1.29 is 9.59 Å². The van der Waals surface area contributed by atoms with Crippen LogP contribution in [-0.4, -0.2) is 36.4 Å². The van der Waals surface area contributed by atoms with Gasteiger partial charge in [0.05, 0.1) is 12.5 Å². The third kappa shape index (κ3) is 8.26. The summed E-state index contributed by atoms with van der Waals surface area (Å²) in [5, 5.41) is 2.67. The third-order valence-corrected chi connectivity index (χ3v) is 2.53. The van der Waals surface area contributed by atoms with Gasteiger partial charge in [-0.05, 0) is 24.9 Å². The Morgan fingerprint density at radius 1 is 1.40 bits per heavy atom. The van der Waals surface area contributed by atoms with Gasteiger partial charge in [0.1, 0.15) is 0 Å². The van der Waals surface area contributed by atoms with Crippen LogP contribution in [0.3, 0.4) is 0 Å². The van der Waals surface area contributed by atoms with Gasteiger partial charge in [-0.1, -0.05) is 0 Å². The van der Waals surface area contributed by atoms with Crippen molar-refractivity contribution in [1.82, 2.24) is 5.32 Å². The van der Waals surface area contributed by atoms with Gasteiger partial charge in [-0.2, -0.15) is 11.8 Å². The first-order valence-electron chi connectivity index (χ1n) is 4.88. The average molecular weight is 233 g/mol. The molecule has 0 aliphatic rings. The lowest BCUT2D eigenvalue weighted by molar-refractivity contribution is -0.126. The van der Waals surface area contributed by atoms with Crippen LogP contribution in [0.4, 0.5) is 0 Å². The van der Waals surface area contributed by atoms with E-state index < -0.39 is 11.9 Å².